The molecular weight excluding hydrogens is 347 g/mol. The van der Waals surface area contributed by atoms with Gasteiger partial charge >= 0.3 is 18.2 Å². The molecule has 2 heterocycles. The lowest BCUT2D eigenvalue weighted by Gasteiger charge is -2.35. The molecule has 0 bridgehead atoms. The number of aliphatic carboxylic acids is 1. The first-order valence-electron chi connectivity index (χ1n) is 7.35. The number of likely N-dealkylation sites (tertiary alicyclic amines) is 1. The molecule has 0 saturated carbocycles. The summed E-state index contributed by atoms with van der Waals surface area (Å²) in [6.45, 7) is 3.45. The van der Waals surface area contributed by atoms with Crippen molar-refractivity contribution in [3.63, 3.8) is 0 Å². The lowest BCUT2D eigenvalue weighted by Crippen LogP contribution is -2.51. The zero-order valence-corrected chi connectivity index (χ0v) is 13.9. The number of piperidine rings is 1. The Morgan fingerprint density at radius 3 is 2.62 bits per heavy atom. The number of carbonyl (C=O) groups is 2. The monoisotopic (exact) mass is 365 g/mol. The van der Waals surface area contributed by atoms with Crippen LogP contribution in [0.3, 0.4) is 0 Å². The number of carboxylic acids is 1. The second-order valence-electron chi connectivity index (χ2n) is 6.03. The van der Waals surface area contributed by atoms with Gasteiger partial charge in [-0.3, -0.25) is 4.79 Å². The van der Waals surface area contributed by atoms with Gasteiger partial charge in [0.15, 0.2) is 6.04 Å². The SMILES string of the molecule is Cc1csc(C(NC(=O)N2CC(C)CC(C(=O)O)C2)C(F)(F)F)n1. The summed E-state index contributed by atoms with van der Waals surface area (Å²) < 4.78 is 39.8. The van der Waals surface area contributed by atoms with Gasteiger partial charge < -0.3 is 15.3 Å². The number of halogens is 3. The van der Waals surface area contributed by atoms with Gasteiger partial charge in [0.05, 0.1) is 5.92 Å². The van der Waals surface area contributed by atoms with Crippen molar-refractivity contribution in [2.75, 3.05) is 13.1 Å². The summed E-state index contributed by atoms with van der Waals surface area (Å²) in [5.74, 6) is -1.93. The minimum Gasteiger partial charge on any atom is -0.481 e. The number of nitrogens with one attached hydrogen (secondary N) is 1. The molecule has 1 aromatic heterocycles. The molecule has 0 spiro atoms. The Labute approximate surface area is 140 Å². The molecule has 2 amide bonds. The highest BCUT2D eigenvalue weighted by molar-refractivity contribution is 7.09. The molecule has 2 N–H and O–H groups in total. The molecule has 134 valence electrons. The number of alkyl halides is 3. The smallest absolute Gasteiger partial charge is 0.415 e. The van der Waals surface area contributed by atoms with Crippen molar-refractivity contribution in [3.05, 3.63) is 16.1 Å². The Morgan fingerprint density at radius 2 is 2.12 bits per heavy atom. The van der Waals surface area contributed by atoms with E-state index >= 15 is 0 Å². The number of aromatic nitrogens is 1. The number of amides is 2. The predicted octanol–water partition coefficient (Wildman–Crippen LogP) is 2.81. The van der Waals surface area contributed by atoms with Crippen LogP contribution in [0, 0.1) is 18.8 Å². The van der Waals surface area contributed by atoms with Gasteiger partial charge in [-0.2, -0.15) is 13.2 Å². The predicted molar refractivity (Wildman–Crippen MR) is 80.7 cm³/mol. The third-order valence-electron chi connectivity index (χ3n) is 3.78. The van der Waals surface area contributed by atoms with Crippen LogP contribution >= 0.6 is 11.3 Å². The summed E-state index contributed by atoms with van der Waals surface area (Å²) in [7, 11) is 0. The molecule has 1 fully saturated rings. The van der Waals surface area contributed by atoms with Gasteiger partial charge in [0.25, 0.3) is 0 Å². The minimum absolute atomic E-state index is 0.1000. The molecular formula is C14H18F3N3O3S. The van der Waals surface area contributed by atoms with Crippen molar-refractivity contribution in [2.45, 2.75) is 32.5 Å². The van der Waals surface area contributed by atoms with Crippen LogP contribution in [0.1, 0.15) is 30.1 Å². The third-order valence-corrected chi connectivity index (χ3v) is 4.80. The summed E-state index contributed by atoms with van der Waals surface area (Å²) in [5, 5.41) is 12.3. The molecule has 3 atom stereocenters. The first kappa shape index (κ1) is 18.5. The maximum atomic E-state index is 13.3. The minimum atomic E-state index is -4.69. The number of carboxylic acid groups (broad SMARTS) is 1. The van der Waals surface area contributed by atoms with Crippen LogP contribution in [-0.2, 0) is 4.79 Å². The third kappa shape index (κ3) is 4.37. The van der Waals surface area contributed by atoms with Crippen LogP contribution in [-0.4, -0.2) is 46.3 Å². The highest BCUT2D eigenvalue weighted by atomic mass is 32.1. The van der Waals surface area contributed by atoms with Gasteiger partial charge in [-0.1, -0.05) is 6.92 Å². The lowest BCUT2D eigenvalue weighted by molar-refractivity contribution is -0.156. The summed E-state index contributed by atoms with van der Waals surface area (Å²) >= 11 is 0.821. The molecule has 1 aliphatic rings. The standard InChI is InChI=1S/C14H18F3N3O3S/c1-7-3-9(12(21)22)5-20(4-7)13(23)19-10(14(15,16)17)11-18-8(2)6-24-11/h6-7,9-10H,3-5H2,1-2H3,(H,19,23)(H,21,22). The maximum Gasteiger partial charge on any atom is 0.415 e. The zero-order chi connectivity index (χ0) is 18.1. The van der Waals surface area contributed by atoms with Crippen molar-refractivity contribution in [2.24, 2.45) is 11.8 Å². The topological polar surface area (TPSA) is 82.5 Å². The molecule has 0 aliphatic carbocycles. The number of hydrogen-bond donors (Lipinski definition) is 2. The van der Waals surface area contributed by atoms with Crippen LogP contribution in [0.5, 0.6) is 0 Å². The largest absolute Gasteiger partial charge is 0.481 e. The highest BCUT2D eigenvalue weighted by Gasteiger charge is 2.45. The maximum absolute atomic E-state index is 13.3. The normalized spacial score (nSPS) is 23.0. The fourth-order valence-corrected chi connectivity index (χ4v) is 3.57. The fraction of sp³-hybridized carbons (Fsp3) is 0.643. The van der Waals surface area contributed by atoms with Crippen molar-refractivity contribution in [3.8, 4) is 0 Å². The lowest BCUT2D eigenvalue weighted by atomic mass is 9.91. The summed E-state index contributed by atoms with van der Waals surface area (Å²) in [6, 6.07) is -3.13. The summed E-state index contributed by atoms with van der Waals surface area (Å²) in [5.41, 5.74) is 0.441. The van der Waals surface area contributed by atoms with E-state index in [1.54, 1.807) is 13.8 Å². The number of urea groups is 1. The van der Waals surface area contributed by atoms with Crippen LogP contribution in [0.4, 0.5) is 18.0 Å². The van der Waals surface area contributed by atoms with Gasteiger partial charge in [-0.05, 0) is 19.3 Å². The van der Waals surface area contributed by atoms with Gasteiger partial charge in [0, 0.05) is 24.2 Å². The highest BCUT2D eigenvalue weighted by Crippen LogP contribution is 2.34. The van der Waals surface area contributed by atoms with Crippen LogP contribution < -0.4 is 5.32 Å². The van der Waals surface area contributed by atoms with Crippen LogP contribution in [0.15, 0.2) is 5.38 Å². The number of thiazole rings is 1. The van der Waals surface area contributed by atoms with E-state index in [-0.39, 0.29) is 24.0 Å². The van der Waals surface area contributed by atoms with E-state index in [1.165, 1.54) is 5.38 Å². The van der Waals surface area contributed by atoms with E-state index in [9.17, 15) is 22.8 Å². The number of hydrogen-bond acceptors (Lipinski definition) is 4. The van der Waals surface area contributed by atoms with E-state index in [2.05, 4.69) is 4.98 Å². The Hall–Kier alpha value is -1.84. The average molecular weight is 365 g/mol. The quantitative estimate of drug-likeness (QED) is 0.863. The van der Waals surface area contributed by atoms with Gasteiger partial charge in [0.1, 0.15) is 5.01 Å². The van der Waals surface area contributed by atoms with E-state index in [1.807, 2.05) is 5.32 Å². The van der Waals surface area contributed by atoms with E-state index in [4.69, 9.17) is 5.11 Å². The molecule has 1 aliphatic heterocycles. The first-order chi connectivity index (χ1) is 11.1. The molecule has 3 unspecified atom stereocenters. The fourth-order valence-electron chi connectivity index (χ4n) is 2.70. The summed E-state index contributed by atoms with van der Waals surface area (Å²) in [6.07, 6.45) is -4.29. The van der Waals surface area contributed by atoms with Crippen molar-refractivity contribution in [1.29, 1.82) is 0 Å². The number of rotatable bonds is 3. The Morgan fingerprint density at radius 1 is 1.46 bits per heavy atom. The van der Waals surface area contributed by atoms with Crippen molar-refractivity contribution in [1.82, 2.24) is 15.2 Å². The van der Waals surface area contributed by atoms with E-state index < -0.39 is 30.1 Å². The molecule has 1 saturated heterocycles. The molecule has 0 aromatic carbocycles. The van der Waals surface area contributed by atoms with E-state index in [0.29, 0.717) is 12.1 Å². The summed E-state index contributed by atoms with van der Waals surface area (Å²) in [4.78, 5) is 28.3. The van der Waals surface area contributed by atoms with E-state index in [0.717, 1.165) is 16.2 Å². The molecule has 1 aromatic rings. The number of carbonyl (C=O) groups excluding carboxylic acids is 1. The number of aryl methyl sites for hydroxylation is 1. The molecule has 24 heavy (non-hydrogen) atoms. The molecule has 6 nitrogen and oxygen atoms in total. The second kappa shape index (κ2) is 6.96. The molecule has 2 rings (SSSR count). The molecule has 10 heteroatoms. The molecule has 0 radical (unpaired) electrons. The van der Waals surface area contributed by atoms with Crippen LogP contribution in [0.25, 0.3) is 0 Å². The Balaban J connectivity index is 2.14. The first-order valence-corrected chi connectivity index (χ1v) is 8.23. The zero-order valence-electron chi connectivity index (χ0n) is 13.1. The van der Waals surface area contributed by atoms with Gasteiger partial charge in [-0.15, -0.1) is 11.3 Å². The number of nitrogens with zero attached hydrogens (tertiary/aromatic N) is 2. The van der Waals surface area contributed by atoms with Crippen LogP contribution in [0.2, 0.25) is 0 Å². The van der Waals surface area contributed by atoms with Gasteiger partial charge in [0.2, 0.25) is 0 Å². The Bertz CT molecular complexity index is 620. The van der Waals surface area contributed by atoms with Gasteiger partial charge in [-0.25, -0.2) is 9.78 Å². The Kier molecular flexibility index (Phi) is 5.36. The average Bonchev–Trinajstić information content (AvgIpc) is 2.88. The second-order valence-corrected chi connectivity index (χ2v) is 6.92. The van der Waals surface area contributed by atoms with Crippen molar-refractivity contribution < 1.29 is 27.9 Å². The van der Waals surface area contributed by atoms with Crippen molar-refractivity contribution >= 4 is 23.3 Å².